The number of aryl methyl sites for hydroxylation is 6. The number of fused-ring (bicyclic) bond motifs is 3. The molecule has 0 aliphatic carbocycles. The molecule has 0 fully saturated rings. The molecule has 0 saturated carbocycles. The van der Waals surface area contributed by atoms with Gasteiger partial charge < -0.3 is 24.2 Å². The van der Waals surface area contributed by atoms with Gasteiger partial charge in [0.25, 0.3) is 5.91 Å². The van der Waals surface area contributed by atoms with Crippen molar-refractivity contribution in [1.29, 1.82) is 0 Å². The molecule has 1 aliphatic heterocycles. The topological polar surface area (TPSA) is 92.8 Å². The van der Waals surface area contributed by atoms with E-state index in [4.69, 9.17) is 33.0 Å². The number of hydrogen-bond acceptors (Lipinski definition) is 5. The van der Waals surface area contributed by atoms with Crippen molar-refractivity contribution in [3.63, 3.8) is 0 Å². The van der Waals surface area contributed by atoms with E-state index >= 15 is 0 Å². The minimum Gasteiger partial charge on any atom is -0.494 e. The number of halogens is 2. The Bertz CT molecular complexity index is 2130. The SMILES string of the molecule is Cc1cc(OCCCc2c3n(c4c(-c5c(C)nn(C)c5C)c(Cl)ccc24)CCCN(c2cc(CN(C)C)cc(C(=O)O)c2)C3=O)cc(C)c1Cl. The molecule has 0 atom stereocenters. The number of hydrogen-bond donors (Lipinski definition) is 1. The summed E-state index contributed by atoms with van der Waals surface area (Å²) in [4.78, 5) is 30.8. The third kappa shape index (κ3) is 6.62. The minimum atomic E-state index is -1.03. The van der Waals surface area contributed by atoms with Gasteiger partial charge in [0.05, 0.1) is 28.4 Å². The summed E-state index contributed by atoms with van der Waals surface area (Å²) in [7, 11) is 5.79. The molecule has 50 heavy (non-hydrogen) atoms. The largest absolute Gasteiger partial charge is 0.494 e. The van der Waals surface area contributed by atoms with Crippen LogP contribution in [0.3, 0.4) is 0 Å². The maximum atomic E-state index is 14.9. The summed E-state index contributed by atoms with van der Waals surface area (Å²) in [6.07, 6.45) is 1.90. The second kappa shape index (κ2) is 14.1. The molecule has 1 aliphatic rings. The molecule has 0 saturated heterocycles. The van der Waals surface area contributed by atoms with Gasteiger partial charge in [0.1, 0.15) is 11.4 Å². The van der Waals surface area contributed by atoms with Crippen molar-refractivity contribution in [2.75, 3.05) is 32.1 Å². The lowest BCUT2D eigenvalue weighted by atomic mass is 9.98. The van der Waals surface area contributed by atoms with Gasteiger partial charge >= 0.3 is 5.97 Å². The Kier molecular flexibility index (Phi) is 10.0. The minimum absolute atomic E-state index is 0.151. The molecule has 0 bridgehead atoms. The van der Waals surface area contributed by atoms with E-state index in [1.54, 1.807) is 17.0 Å². The highest BCUT2D eigenvalue weighted by molar-refractivity contribution is 6.35. The van der Waals surface area contributed by atoms with E-state index in [1.165, 1.54) is 0 Å². The monoisotopic (exact) mass is 715 g/mol. The highest BCUT2D eigenvalue weighted by atomic mass is 35.5. The smallest absolute Gasteiger partial charge is 0.335 e. The van der Waals surface area contributed by atoms with Crippen LogP contribution in [-0.2, 0) is 26.6 Å². The summed E-state index contributed by atoms with van der Waals surface area (Å²) in [5.74, 6) is -0.439. The van der Waals surface area contributed by atoms with Crippen LogP contribution in [0.1, 0.15) is 67.3 Å². The number of aromatic carboxylic acids is 1. The molecular formula is C39H43Cl2N5O4. The van der Waals surface area contributed by atoms with Crippen LogP contribution in [0.4, 0.5) is 5.69 Å². The van der Waals surface area contributed by atoms with Gasteiger partial charge in [-0.3, -0.25) is 9.48 Å². The van der Waals surface area contributed by atoms with Gasteiger partial charge in [0.15, 0.2) is 0 Å². The molecule has 6 rings (SSSR count). The number of carboxylic acids is 1. The van der Waals surface area contributed by atoms with Gasteiger partial charge in [-0.2, -0.15) is 5.10 Å². The molecule has 11 heteroatoms. The molecule has 1 amide bonds. The van der Waals surface area contributed by atoms with Crippen LogP contribution in [0.5, 0.6) is 5.75 Å². The zero-order valence-electron chi connectivity index (χ0n) is 29.7. The third-order valence-corrected chi connectivity index (χ3v) is 10.4. The van der Waals surface area contributed by atoms with Gasteiger partial charge in [-0.25, -0.2) is 4.79 Å². The number of aromatic nitrogens is 3. The predicted octanol–water partition coefficient (Wildman–Crippen LogP) is 8.40. The normalized spacial score (nSPS) is 13.3. The number of nitrogens with zero attached hydrogens (tertiary/aromatic N) is 5. The average molecular weight is 717 g/mol. The van der Waals surface area contributed by atoms with Crippen molar-refractivity contribution in [2.45, 2.75) is 60.0 Å². The summed E-state index contributed by atoms with van der Waals surface area (Å²) >= 11 is 13.4. The molecule has 3 aromatic carbocycles. The number of carbonyl (C=O) groups is 2. The molecule has 0 unspecified atom stereocenters. The fraction of sp³-hybridized carbons (Fsp3) is 0.359. The van der Waals surface area contributed by atoms with Gasteiger partial charge in [0.2, 0.25) is 0 Å². The maximum Gasteiger partial charge on any atom is 0.335 e. The van der Waals surface area contributed by atoms with Crippen LogP contribution in [0, 0.1) is 27.7 Å². The number of amides is 1. The van der Waals surface area contributed by atoms with E-state index in [-0.39, 0.29) is 11.5 Å². The standard InChI is InChI=1S/C39H43Cl2N5O4/c1-22-16-29(17-23(2)35(22)41)50-15-8-10-30-31-11-12-32(40)34(33-24(3)42-44(7)25(33)4)36(31)46-14-9-13-45(38(47)37(30)46)28-19-26(21-43(5)6)18-27(20-28)39(48)49/h11-12,16-20H,8-10,13-15,21H2,1-7H3,(H,48,49). The Morgan fingerprint density at radius 3 is 2.36 bits per heavy atom. The Balaban J connectivity index is 1.48. The van der Waals surface area contributed by atoms with Crippen LogP contribution in [0.15, 0.2) is 42.5 Å². The quantitative estimate of drug-likeness (QED) is 0.146. The van der Waals surface area contributed by atoms with Gasteiger partial charge in [-0.1, -0.05) is 29.3 Å². The molecule has 0 radical (unpaired) electrons. The van der Waals surface area contributed by atoms with Gasteiger partial charge in [-0.15, -0.1) is 0 Å². The van der Waals surface area contributed by atoms with Crippen molar-refractivity contribution in [3.8, 4) is 16.9 Å². The molecule has 5 aromatic rings. The second-order valence-corrected chi connectivity index (χ2v) is 14.3. The first kappa shape index (κ1) is 35.5. The summed E-state index contributed by atoms with van der Waals surface area (Å²) in [5, 5.41) is 17.0. The van der Waals surface area contributed by atoms with Crippen LogP contribution in [-0.4, -0.2) is 63.5 Å². The Hall–Kier alpha value is -4.31. The molecule has 9 nitrogen and oxygen atoms in total. The van der Waals surface area contributed by atoms with Crippen LogP contribution >= 0.6 is 23.2 Å². The van der Waals surface area contributed by atoms with Crippen molar-refractivity contribution in [2.24, 2.45) is 7.05 Å². The molecule has 262 valence electrons. The van der Waals surface area contributed by atoms with E-state index < -0.39 is 5.97 Å². The van der Waals surface area contributed by atoms with Crippen molar-refractivity contribution >= 4 is 51.7 Å². The molecular weight excluding hydrogens is 673 g/mol. The number of ether oxygens (including phenoxy) is 1. The summed E-state index contributed by atoms with van der Waals surface area (Å²) < 4.78 is 10.2. The zero-order valence-corrected chi connectivity index (χ0v) is 31.2. The lowest BCUT2D eigenvalue weighted by Crippen LogP contribution is -2.32. The van der Waals surface area contributed by atoms with E-state index in [9.17, 15) is 14.7 Å². The van der Waals surface area contributed by atoms with E-state index in [0.29, 0.717) is 61.9 Å². The molecule has 1 N–H and O–H groups in total. The highest BCUT2D eigenvalue weighted by Crippen LogP contribution is 2.43. The number of benzene rings is 3. The predicted molar refractivity (Wildman–Crippen MR) is 200 cm³/mol. The number of rotatable bonds is 10. The zero-order chi connectivity index (χ0) is 36.0. The fourth-order valence-electron chi connectivity index (χ4n) is 7.29. The molecule has 2 aromatic heterocycles. The highest BCUT2D eigenvalue weighted by Gasteiger charge is 2.33. The molecule has 0 spiro atoms. The van der Waals surface area contributed by atoms with Gasteiger partial charge in [0, 0.05) is 59.6 Å². The molecule has 3 heterocycles. The first-order chi connectivity index (χ1) is 23.8. The lowest BCUT2D eigenvalue weighted by molar-refractivity contribution is 0.0696. The van der Waals surface area contributed by atoms with Crippen LogP contribution < -0.4 is 9.64 Å². The van der Waals surface area contributed by atoms with Crippen molar-refractivity contribution in [1.82, 2.24) is 19.2 Å². The number of carboxylic acid groups (broad SMARTS) is 1. The van der Waals surface area contributed by atoms with Gasteiger partial charge in [-0.05, 0) is 120 Å². The Morgan fingerprint density at radius 2 is 1.72 bits per heavy atom. The second-order valence-electron chi connectivity index (χ2n) is 13.5. The van der Waals surface area contributed by atoms with Crippen LogP contribution in [0.25, 0.3) is 22.0 Å². The summed E-state index contributed by atoms with van der Waals surface area (Å²) in [6.45, 7) is 9.95. The summed E-state index contributed by atoms with van der Waals surface area (Å²) in [6, 6.07) is 13.0. The average Bonchev–Trinajstić information content (AvgIpc) is 3.42. The van der Waals surface area contributed by atoms with Crippen molar-refractivity contribution < 1.29 is 19.4 Å². The first-order valence-corrected chi connectivity index (χ1v) is 17.6. The van der Waals surface area contributed by atoms with E-state index in [1.807, 2.05) is 88.8 Å². The third-order valence-electron chi connectivity index (χ3n) is 9.53. The summed E-state index contributed by atoms with van der Waals surface area (Å²) in [5.41, 5.74) is 9.56. The Labute approximate surface area is 303 Å². The number of carbonyl (C=O) groups excluding carboxylic acids is 1. The fourth-order valence-corrected chi connectivity index (χ4v) is 7.64. The van der Waals surface area contributed by atoms with E-state index in [0.717, 1.165) is 66.4 Å². The maximum absolute atomic E-state index is 14.9. The van der Waals surface area contributed by atoms with Crippen LogP contribution in [0.2, 0.25) is 10.0 Å². The Morgan fingerprint density at radius 1 is 1.00 bits per heavy atom. The van der Waals surface area contributed by atoms with Crippen molar-refractivity contribution in [3.05, 3.63) is 97.4 Å². The number of anilines is 1. The first-order valence-electron chi connectivity index (χ1n) is 16.8. The lowest BCUT2D eigenvalue weighted by Gasteiger charge is -2.23. The van der Waals surface area contributed by atoms with E-state index in [2.05, 4.69) is 4.57 Å².